The summed E-state index contributed by atoms with van der Waals surface area (Å²) in [6.45, 7) is 2.39. The zero-order chi connectivity index (χ0) is 18.8. The molecule has 26 heavy (non-hydrogen) atoms. The molecule has 0 aliphatic carbocycles. The normalized spacial score (nSPS) is 11.1. The Morgan fingerprint density at radius 1 is 1.08 bits per heavy atom. The van der Waals surface area contributed by atoms with Gasteiger partial charge in [-0.1, -0.05) is 30.3 Å². The van der Waals surface area contributed by atoms with Crippen molar-refractivity contribution in [3.05, 3.63) is 54.2 Å². The van der Waals surface area contributed by atoms with Crippen molar-refractivity contribution >= 4 is 22.6 Å². The van der Waals surface area contributed by atoms with Crippen molar-refractivity contribution in [1.29, 1.82) is 0 Å². The third-order valence-electron chi connectivity index (χ3n) is 3.44. The number of hydrogen-bond acceptors (Lipinski definition) is 5. The second-order valence-electron chi connectivity index (χ2n) is 5.58. The molecule has 7 nitrogen and oxygen atoms in total. The van der Waals surface area contributed by atoms with Crippen molar-refractivity contribution < 1.29 is 19.1 Å². The van der Waals surface area contributed by atoms with Crippen LogP contribution in [0.2, 0.25) is 0 Å². The van der Waals surface area contributed by atoms with Gasteiger partial charge >= 0.3 is 0 Å². The topological polar surface area (TPSA) is 88.7 Å². The molecule has 0 aliphatic heterocycles. The molecule has 0 atom stereocenters. The van der Waals surface area contributed by atoms with E-state index in [4.69, 9.17) is 9.47 Å². The average Bonchev–Trinajstić information content (AvgIpc) is 2.64. The second kappa shape index (κ2) is 10.0. The van der Waals surface area contributed by atoms with Crippen molar-refractivity contribution in [3.8, 4) is 5.75 Å². The smallest absolute Gasteiger partial charge is 0.276 e. The summed E-state index contributed by atoms with van der Waals surface area (Å²) in [5, 5.41) is 4.80. The number of carbonyl (C=O) groups is 2. The highest BCUT2D eigenvalue weighted by atomic mass is 16.5. The van der Waals surface area contributed by atoms with E-state index in [-0.39, 0.29) is 18.4 Å². The molecule has 2 aromatic rings. The van der Waals surface area contributed by atoms with E-state index in [1.807, 2.05) is 42.5 Å². The van der Waals surface area contributed by atoms with Gasteiger partial charge in [0.1, 0.15) is 5.75 Å². The van der Waals surface area contributed by atoms with E-state index in [1.165, 1.54) is 6.08 Å². The number of hydrazine groups is 1. The maximum atomic E-state index is 11.8. The lowest BCUT2D eigenvalue weighted by molar-refractivity contribution is -0.124. The fourth-order valence-corrected chi connectivity index (χ4v) is 2.17. The molecule has 0 saturated carbocycles. The van der Waals surface area contributed by atoms with Crippen LogP contribution >= 0.6 is 0 Å². The number of ether oxygens (including phenoxy) is 2. The number of benzene rings is 2. The highest BCUT2D eigenvalue weighted by molar-refractivity contribution is 5.88. The summed E-state index contributed by atoms with van der Waals surface area (Å²) < 4.78 is 10.3. The predicted octanol–water partition coefficient (Wildman–Crippen LogP) is 1.51. The van der Waals surface area contributed by atoms with Crippen molar-refractivity contribution in [2.24, 2.45) is 0 Å². The van der Waals surface area contributed by atoms with Gasteiger partial charge in [0.2, 0.25) is 5.91 Å². The molecule has 0 fully saturated rings. The Labute approximate surface area is 152 Å². The maximum absolute atomic E-state index is 11.8. The standard InChI is InChI=1S/C19H23N3O4/c1-14(11-18(23)20-9-10-25-2)21-22-19(24)13-26-17-8-7-15-5-3-4-6-16(15)12-17/h3-8,11-12,21H,9-10,13H2,1-2H3,(H,20,23)(H,22,24). The van der Waals surface area contributed by atoms with Gasteiger partial charge in [0.25, 0.3) is 5.91 Å². The number of carbonyl (C=O) groups excluding carboxylic acids is 2. The highest BCUT2D eigenvalue weighted by Gasteiger charge is 2.04. The minimum absolute atomic E-state index is 0.140. The van der Waals surface area contributed by atoms with Crippen LogP contribution in [0.15, 0.2) is 54.2 Å². The maximum Gasteiger partial charge on any atom is 0.276 e. The second-order valence-corrected chi connectivity index (χ2v) is 5.58. The molecular formula is C19H23N3O4. The van der Waals surface area contributed by atoms with E-state index in [1.54, 1.807) is 14.0 Å². The van der Waals surface area contributed by atoms with Crippen LogP contribution in [0.5, 0.6) is 5.75 Å². The van der Waals surface area contributed by atoms with Crippen LogP contribution in [0, 0.1) is 0 Å². The van der Waals surface area contributed by atoms with Gasteiger partial charge in [0.05, 0.1) is 6.61 Å². The van der Waals surface area contributed by atoms with Crippen molar-refractivity contribution in [2.45, 2.75) is 6.92 Å². The molecule has 0 heterocycles. The van der Waals surface area contributed by atoms with Crippen LogP contribution in [-0.2, 0) is 14.3 Å². The fraction of sp³-hybridized carbons (Fsp3) is 0.263. The Bertz CT molecular complexity index is 789. The van der Waals surface area contributed by atoms with Gasteiger partial charge in [0.15, 0.2) is 6.61 Å². The average molecular weight is 357 g/mol. The monoisotopic (exact) mass is 357 g/mol. The Kier molecular flexibility index (Phi) is 7.45. The summed E-state index contributed by atoms with van der Waals surface area (Å²) >= 11 is 0. The molecule has 0 bridgehead atoms. The van der Waals surface area contributed by atoms with Crippen molar-refractivity contribution in [3.63, 3.8) is 0 Å². The minimum Gasteiger partial charge on any atom is -0.484 e. The van der Waals surface area contributed by atoms with Crippen LogP contribution in [0.3, 0.4) is 0 Å². The van der Waals surface area contributed by atoms with Gasteiger partial charge in [-0.25, -0.2) is 0 Å². The summed E-state index contributed by atoms with van der Waals surface area (Å²) in [4.78, 5) is 23.4. The first-order chi connectivity index (χ1) is 12.6. The van der Waals surface area contributed by atoms with Gasteiger partial charge < -0.3 is 20.2 Å². The molecule has 0 saturated heterocycles. The van der Waals surface area contributed by atoms with E-state index in [0.717, 1.165) is 10.8 Å². The number of amides is 2. The molecule has 0 unspecified atom stereocenters. The van der Waals surface area contributed by atoms with Crippen LogP contribution in [0.25, 0.3) is 10.8 Å². The number of hydrogen-bond donors (Lipinski definition) is 3. The van der Waals surface area contributed by atoms with Gasteiger partial charge in [-0.15, -0.1) is 0 Å². The number of methoxy groups -OCH3 is 1. The Morgan fingerprint density at radius 2 is 1.85 bits per heavy atom. The molecular weight excluding hydrogens is 334 g/mol. The van der Waals surface area contributed by atoms with Crippen molar-refractivity contribution in [2.75, 3.05) is 26.9 Å². The van der Waals surface area contributed by atoms with E-state index in [0.29, 0.717) is 24.6 Å². The van der Waals surface area contributed by atoms with Gasteiger partial charge in [0, 0.05) is 25.4 Å². The molecule has 0 aromatic heterocycles. The van der Waals surface area contributed by atoms with E-state index >= 15 is 0 Å². The van der Waals surface area contributed by atoms with E-state index in [9.17, 15) is 9.59 Å². The lowest BCUT2D eigenvalue weighted by Gasteiger charge is -2.10. The molecule has 0 spiro atoms. The largest absolute Gasteiger partial charge is 0.484 e. The van der Waals surface area contributed by atoms with Crippen LogP contribution < -0.4 is 20.9 Å². The highest BCUT2D eigenvalue weighted by Crippen LogP contribution is 2.20. The summed E-state index contributed by atoms with van der Waals surface area (Å²) in [6.07, 6.45) is 1.35. The first-order valence-electron chi connectivity index (χ1n) is 8.20. The summed E-state index contributed by atoms with van der Waals surface area (Å²) in [7, 11) is 1.56. The summed E-state index contributed by atoms with van der Waals surface area (Å²) in [6, 6.07) is 13.5. The molecule has 138 valence electrons. The zero-order valence-electron chi connectivity index (χ0n) is 14.9. The Balaban J connectivity index is 1.74. The van der Waals surface area contributed by atoms with Gasteiger partial charge in [-0.3, -0.25) is 15.0 Å². The number of fused-ring (bicyclic) bond motifs is 1. The first kappa shape index (κ1) is 19.3. The third-order valence-corrected chi connectivity index (χ3v) is 3.44. The van der Waals surface area contributed by atoms with E-state index in [2.05, 4.69) is 16.2 Å². The minimum atomic E-state index is -0.356. The van der Waals surface area contributed by atoms with Gasteiger partial charge in [-0.05, 0) is 29.8 Å². The quantitative estimate of drug-likeness (QED) is 0.360. The lowest BCUT2D eigenvalue weighted by Crippen LogP contribution is -2.39. The SMILES string of the molecule is COCCNC(=O)C=C(C)NNC(=O)COc1ccc2ccccc2c1. The molecule has 7 heteroatoms. The Morgan fingerprint density at radius 3 is 2.62 bits per heavy atom. The van der Waals surface area contributed by atoms with Gasteiger partial charge in [-0.2, -0.15) is 0 Å². The van der Waals surface area contributed by atoms with Crippen molar-refractivity contribution in [1.82, 2.24) is 16.2 Å². The first-order valence-corrected chi connectivity index (χ1v) is 8.20. The summed E-state index contributed by atoms with van der Waals surface area (Å²) in [5.74, 6) is -0.0111. The predicted molar refractivity (Wildman–Crippen MR) is 99.4 cm³/mol. The molecule has 2 aromatic carbocycles. The lowest BCUT2D eigenvalue weighted by atomic mass is 10.1. The number of nitrogens with one attached hydrogen (secondary N) is 3. The third kappa shape index (κ3) is 6.45. The molecule has 2 rings (SSSR count). The Hall–Kier alpha value is -3.06. The molecule has 0 radical (unpaired) electrons. The molecule has 0 aliphatic rings. The fourth-order valence-electron chi connectivity index (χ4n) is 2.17. The molecule has 2 amide bonds. The summed E-state index contributed by atoms with van der Waals surface area (Å²) in [5.41, 5.74) is 5.63. The van der Waals surface area contributed by atoms with Crippen LogP contribution in [-0.4, -0.2) is 38.7 Å². The zero-order valence-corrected chi connectivity index (χ0v) is 14.9. The van der Waals surface area contributed by atoms with E-state index < -0.39 is 0 Å². The molecule has 3 N–H and O–H groups in total. The number of rotatable bonds is 9. The van der Waals surface area contributed by atoms with Crippen LogP contribution in [0.1, 0.15) is 6.92 Å². The number of allylic oxidation sites excluding steroid dienone is 1. The van der Waals surface area contributed by atoms with Crippen LogP contribution in [0.4, 0.5) is 0 Å².